The number of nitrogens with zero attached hydrogens (tertiary/aromatic N) is 2. The van der Waals surface area contributed by atoms with Gasteiger partial charge in [-0.25, -0.2) is 14.8 Å². The molecule has 2 heterocycles. The molecule has 166 valence electrons. The monoisotopic (exact) mass is 458 g/mol. The first kappa shape index (κ1) is 19.4. The van der Waals surface area contributed by atoms with Crippen LogP contribution in [0.4, 0.5) is 23.0 Å². The van der Waals surface area contributed by atoms with E-state index in [9.17, 15) is 9.90 Å². The van der Waals surface area contributed by atoms with Crippen LogP contribution in [0.3, 0.4) is 0 Å². The van der Waals surface area contributed by atoms with E-state index in [0.717, 1.165) is 34.2 Å². The van der Waals surface area contributed by atoms with Crippen molar-refractivity contribution >= 4 is 40.6 Å². The van der Waals surface area contributed by atoms with Gasteiger partial charge in [-0.2, -0.15) is 0 Å². The van der Waals surface area contributed by atoms with Gasteiger partial charge in [-0.15, -0.1) is 0 Å². The molecule has 0 radical (unpaired) electrons. The van der Waals surface area contributed by atoms with Crippen molar-refractivity contribution in [1.82, 2.24) is 9.97 Å². The van der Waals surface area contributed by atoms with Crippen molar-refractivity contribution in [2.45, 2.75) is 31.1 Å². The Balaban J connectivity index is 1.07. The van der Waals surface area contributed by atoms with Gasteiger partial charge in [-0.05, 0) is 90.8 Å². The Morgan fingerprint density at radius 1 is 1.03 bits per heavy atom. The summed E-state index contributed by atoms with van der Waals surface area (Å²) in [6.07, 6.45) is 8.85. The number of aromatic nitrogens is 2. The van der Waals surface area contributed by atoms with Gasteiger partial charge in [0.25, 0.3) is 0 Å². The first-order valence-corrected chi connectivity index (χ1v) is 11.9. The van der Waals surface area contributed by atoms with Gasteiger partial charge in [-0.3, -0.25) is 0 Å². The summed E-state index contributed by atoms with van der Waals surface area (Å²) in [6, 6.07) is 13.3. The molecule has 3 aromatic rings. The van der Waals surface area contributed by atoms with Gasteiger partial charge >= 0.3 is 5.97 Å². The summed E-state index contributed by atoms with van der Waals surface area (Å²) in [5.74, 6) is 2.65. The van der Waals surface area contributed by atoms with Crippen molar-refractivity contribution in [2.75, 3.05) is 10.6 Å². The first-order chi connectivity index (χ1) is 16.0. The molecule has 4 fully saturated rings. The molecule has 7 rings (SSSR count). The second-order valence-corrected chi connectivity index (χ2v) is 10.5. The maximum absolute atomic E-state index is 11.4. The maximum Gasteiger partial charge on any atom is 0.339 e. The Bertz CT molecular complexity index is 1280. The number of nitrogens with one attached hydrogen (secondary N) is 2. The van der Waals surface area contributed by atoms with Crippen LogP contribution >= 0.6 is 11.6 Å². The smallest absolute Gasteiger partial charge is 0.339 e. The molecule has 4 aliphatic carbocycles. The first-order valence-electron chi connectivity index (χ1n) is 11.5. The SMILES string of the molecule is O=C(O)c1cccnc1Nc1ccc(Nc2ccc(C34CC5CC6CC(C3)C654)cc2Cl)cn1. The highest BCUT2D eigenvalue weighted by atomic mass is 35.5. The fraction of sp³-hybridized carbons (Fsp3) is 0.346. The number of halogens is 1. The van der Waals surface area contributed by atoms with Crippen molar-refractivity contribution in [3.63, 3.8) is 0 Å². The molecule has 7 heteroatoms. The van der Waals surface area contributed by atoms with Crippen molar-refractivity contribution in [3.05, 3.63) is 71.0 Å². The van der Waals surface area contributed by atoms with E-state index in [2.05, 4.69) is 38.8 Å². The van der Waals surface area contributed by atoms with Crippen LogP contribution in [0.1, 0.15) is 41.6 Å². The third-order valence-electron chi connectivity index (χ3n) is 9.03. The van der Waals surface area contributed by atoms with Crippen molar-refractivity contribution < 1.29 is 9.90 Å². The quantitative estimate of drug-likeness (QED) is 0.419. The van der Waals surface area contributed by atoms with Gasteiger partial charge in [0.1, 0.15) is 17.2 Å². The Labute approximate surface area is 196 Å². The third-order valence-corrected chi connectivity index (χ3v) is 9.34. The highest BCUT2D eigenvalue weighted by Gasteiger charge is 2.87. The molecule has 2 atom stereocenters. The largest absolute Gasteiger partial charge is 0.478 e. The zero-order valence-electron chi connectivity index (χ0n) is 17.9. The normalized spacial score (nSPS) is 32.1. The van der Waals surface area contributed by atoms with E-state index in [1.54, 1.807) is 24.5 Å². The van der Waals surface area contributed by atoms with E-state index in [1.165, 1.54) is 37.3 Å². The average Bonchev–Trinajstić information content (AvgIpc) is 2.75. The number of benzene rings is 1. The lowest BCUT2D eigenvalue weighted by Crippen LogP contribution is -2.87. The number of anilines is 4. The number of carboxylic acids is 1. The summed E-state index contributed by atoms with van der Waals surface area (Å²) in [5, 5.41) is 16.4. The minimum Gasteiger partial charge on any atom is -0.478 e. The third kappa shape index (κ3) is 2.37. The predicted molar refractivity (Wildman–Crippen MR) is 126 cm³/mol. The Kier molecular flexibility index (Phi) is 3.80. The summed E-state index contributed by atoms with van der Waals surface area (Å²) in [7, 11) is 0. The molecule has 0 saturated heterocycles. The predicted octanol–water partition coefficient (Wildman–Crippen LogP) is 6.00. The Hall–Kier alpha value is -3.12. The molecule has 3 N–H and O–H groups in total. The summed E-state index contributed by atoms with van der Waals surface area (Å²) in [6.45, 7) is 0. The molecule has 1 aromatic carbocycles. The zero-order chi connectivity index (χ0) is 22.4. The molecule has 1 spiro atoms. The molecule has 4 saturated carbocycles. The number of aromatic carboxylic acids is 1. The van der Waals surface area contributed by atoms with Crippen molar-refractivity contribution in [3.8, 4) is 0 Å². The molecule has 0 bridgehead atoms. The molecule has 2 aromatic heterocycles. The summed E-state index contributed by atoms with van der Waals surface area (Å²) in [5.41, 5.74) is 4.24. The van der Waals surface area contributed by atoms with E-state index in [4.69, 9.17) is 11.6 Å². The van der Waals surface area contributed by atoms with Gasteiger partial charge in [0, 0.05) is 11.6 Å². The highest BCUT2D eigenvalue weighted by Crippen LogP contribution is 2.92. The van der Waals surface area contributed by atoms with Crippen molar-refractivity contribution in [1.29, 1.82) is 0 Å². The van der Waals surface area contributed by atoms with Gasteiger partial charge in [0.05, 0.1) is 22.6 Å². The van der Waals surface area contributed by atoms with Gasteiger partial charge in [-0.1, -0.05) is 17.7 Å². The zero-order valence-corrected chi connectivity index (χ0v) is 18.6. The van der Waals surface area contributed by atoms with Crippen LogP contribution < -0.4 is 10.6 Å². The highest BCUT2D eigenvalue weighted by molar-refractivity contribution is 6.33. The molecule has 33 heavy (non-hydrogen) atoms. The van der Waals surface area contributed by atoms with Gasteiger partial charge in [0.2, 0.25) is 0 Å². The Morgan fingerprint density at radius 2 is 1.85 bits per heavy atom. The summed E-state index contributed by atoms with van der Waals surface area (Å²) >= 11 is 6.71. The standard InChI is InChI=1S/C26H23ClN4O2/c27-20-10-14(25-11-16-8-15-9-17(12-25)26(15,16)25)3-5-21(20)30-18-4-6-22(29-13-18)31-23-19(24(32)33)2-1-7-28-23/h1-7,10,13,15-17,30H,8-9,11-12H2,(H,32,33)(H,28,29,31). The number of hydrogen-bond acceptors (Lipinski definition) is 5. The van der Waals surface area contributed by atoms with Crippen LogP contribution in [-0.2, 0) is 5.41 Å². The lowest BCUT2D eigenvalue weighted by molar-refractivity contribution is -0.395. The van der Waals surface area contributed by atoms with Crippen LogP contribution in [0.25, 0.3) is 0 Å². The van der Waals surface area contributed by atoms with Crippen molar-refractivity contribution in [2.24, 2.45) is 23.2 Å². The van der Waals surface area contributed by atoms with E-state index < -0.39 is 5.97 Å². The molecule has 6 nitrogen and oxygen atoms in total. The number of carboxylic acid groups (broad SMARTS) is 1. The van der Waals surface area contributed by atoms with Crippen LogP contribution in [-0.4, -0.2) is 21.0 Å². The molecular weight excluding hydrogens is 436 g/mol. The lowest BCUT2D eigenvalue weighted by atomic mass is 9.12. The van der Waals surface area contributed by atoms with E-state index in [-0.39, 0.29) is 11.4 Å². The van der Waals surface area contributed by atoms with Crippen LogP contribution in [0, 0.1) is 23.2 Å². The second kappa shape index (κ2) is 6.48. The Morgan fingerprint density at radius 3 is 2.48 bits per heavy atom. The van der Waals surface area contributed by atoms with Crippen LogP contribution in [0.2, 0.25) is 5.02 Å². The topological polar surface area (TPSA) is 87.1 Å². The number of hydrogen-bond donors (Lipinski definition) is 3. The average molecular weight is 459 g/mol. The van der Waals surface area contributed by atoms with Gasteiger partial charge in [0.15, 0.2) is 0 Å². The number of pyridine rings is 2. The van der Waals surface area contributed by atoms with E-state index in [1.807, 2.05) is 6.07 Å². The van der Waals surface area contributed by atoms with Crippen LogP contribution in [0.5, 0.6) is 0 Å². The summed E-state index contributed by atoms with van der Waals surface area (Å²) < 4.78 is 0. The van der Waals surface area contributed by atoms with E-state index in [0.29, 0.717) is 16.6 Å². The lowest BCUT2D eigenvalue weighted by Gasteiger charge is -2.91. The van der Waals surface area contributed by atoms with Gasteiger partial charge < -0.3 is 15.7 Å². The number of carbonyl (C=O) groups is 1. The molecule has 2 unspecified atom stereocenters. The molecular formula is C26H23ClN4O2. The van der Waals surface area contributed by atoms with E-state index >= 15 is 0 Å². The minimum atomic E-state index is -1.04. The summed E-state index contributed by atoms with van der Waals surface area (Å²) in [4.78, 5) is 19.9. The maximum atomic E-state index is 11.4. The molecule has 4 aliphatic rings. The molecule has 0 aliphatic heterocycles. The fourth-order valence-corrected chi connectivity index (χ4v) is 8.06. The minimum absolute atomic E-state index is 0.0954. The fourth-order valence-electron chi connectivity index (χ4n) is 7.83. The van der Waals surface area contributed by atoms with Crippen LogP contribution in [0.15, 0.2) is 54.9 Å². The second-order valence-electron chi connectivity index (χ2n) is 10.1. The molecule has 0 amide bonds. The number of rotatable bonds is 6.